The highest BCUT2D eigenvalue weighted by molar-refractivity contribution is 5.83. The first-order valence-electron chi connectivity index (χ1n) is 15.9. The standard InChI is InChI=1S/C35H38FN7O3/c1-3-4-5-6-7-11-31(44)46-21-27-26(33-39-30(40-35(37)41-33)16-22-19-38-42(2)20-22)9-8-10-29(27)43-15-14-24-17-25(23-12-13-23)18-28(36)32(24)34(43)45/h8-10,14-15,17-20,23H,3-7,11-13,16,21H2,1-2H3,(H2,37,39,40,41). The molecule has 0 amide bonds. The van der Waals surface area contributed by atoms with Gasteiger partial charge in [-0.25, -0.2) is 9.37 Å². The Kier molecular flexibility index (Phi) is 9.18. The van der Waals surface area contributed by atoms with E-state index in [0.29, 0.717) is 46.8 Å². The van der Waals surface area contributed by atoms with Crippen molar-refractivity contribution >= 4 is 22.7 Å². The molecular formula is C35H38FN7O3. The summed E-state index contributed by atoms with van der Waals surface area (Å²) in [6.45, 7) is 2.00. The predicted molar refractivity (Wildman–Crippen MR) is 174 cm³/mol. The maximum atomic E-state index is 15.4. The first-order valence-corrected chi connectivity index (χ1v) is 15.9. The van der Waals surface area contributed by atoms with E-state index in [1.54, 1.807) is 41.3 Å². The molecule has 10 nitrogen and oxygen atoms in total. The highest BCUT2D eigenvalue weighted by Gasteiger charge is 2.26. The summed E-state index contributed by atoms with van der Waals surface area (Å²) in [5.74, 6) is 0.202. The van der Waals surface area contributed by atoms with Crippen LogP contribution in [0, 0.1) is 5.82 Å². The molecule has 2 N–H and O–H groups in total. The van der Waals surface area contributed by atoms with Crippen molar-refractivity contribution in [3.05, 3.63) is 93.7 Å². The number of hydrogen-bond donors (Lipinski definition) is 1. The minimum Gasteiger partial charge on any atom is -0.461 e. The van der Waals surface area contributed by atoms with Gasteiger partial charge in [0.25, 0.3) is 5.56 Å². The predicted octanol–water partition coefficient (Wildman–Crippen LogP) is 6.17. The number of carbonyl (C=O) groups is 1. The van der Waals surface area contributed by atoms with Crippen LogP contribution in [0.2, 0.25) is 0 Å². The molecule has 0 saturated heterocycles. The molecule has 1 aliphatic carbocycles. The molecular weight excluding hydrogens is 585 g/mol. The van der Waals surface area contributed by atoms with E-state index >= 15 is 4.39 Å². The van der Waals surface area contributed by atoms with Crippen molar-refractivity contribution in [3.8, 4) is 17.1 Å². The average molecular weight is 624 g/mol. The van der Waals surface area contributed by atoms with Crippen molar-refractivity contribution < 1.29 is 13.9 Å². The van der Waals surface area contributed by atoms with E-state index in [4.69, 9.17) is 15.5 Å². The Morgan fingerprint density at radius 2 is 1.91 bits per heavy atom. The van der Waals surface area contributed by atoms with Crippen molar-refractivity contribution in [2.75, 3.05) is 5.73 Å². The van der Waals surface area contributed by atoms with Crippen molar-refractivity contribution in [2.24, 2.45) is 7.05 Å². The summed E-state index contributed by atoms with van der Waals surface area (Å²) in [5.41, 5.74) is 8.89. The zero-order chi connectivity index (χ0) is 32.2. The Hall–Kier alpha value is -4.93. The van der Waals surface area contributed by atoms with Gasteiger partial charge in [0, 0.05) is 43.4 Å². The van der Waals surface area contributed by atoms with Crippen LogP contribution < -0.4 is 11.3 Å². The van der Waals surface area contributed by atoms with Crippen LogP contribution in [0.3, 0.4) is 0 Å². The number of pyridine rings is 1. The number of aryl methyl sites for hydroxylation is 1. The topological polar surface area (TPSA) is 131 Å². The van der Waals surface area contributed by atoms with E-state index in [0.717, 1.165) is 56.1 Å². The normalized spacial score (nSPS) is 12.9. The lowest BCUT2D eigenvalue weighted by molar-refractivity contribution is -0.145. The number of anilines is 1. The van der Waals surface area contributed by atoms with Gasteiger partial charge in [0.05, 0.1) is 17.3 Å². The molecule has 0 bridgehead atoms. The van der Waals surface area contributed by atoms with Gasteiger partial charge in [-0.05, 0) is 59.9 Å². The second kappa shape index (κ2) is 13.6. The Morgan fingerprint density at radius 3 is 2.67 bits per heavy atom. The molecule has 1 saturated carbocycles. The van der Waals surface area contributed by atoms with Crippen LogP contribution in [0.25, 0.3) is 27.8 Å². The first-order chi connectivity index (χ1) is 22.3. The van der Waals surface area contributed by atoms with Crippen LogP contribution in [-0.2, 0) is 29.6 Å². The lowest BCUT2D eigenvalue weighted by atomic mass is 10.0. The van der Waals surface area contributed by atoms with Crippen LogP contribution in [0.4, 0.5) is 10.3 Å². The van der Waals surface area contributed by atoms with Gasteiger partial charge in [-0.1, -0.05) is 50.8 Å². The molecule has 238 valence electrons. The number of fused-ring (bicyclic) bond motifs is 1. The molecule has 5 aromatic rings. The minimum absolute atomic E-state index is 0.00971. The third kappa shape index (κ3) is 6.98. The maximum Gasteiger partial charge on any atom is 0.306 e. The zero-order valence-corrected chi connectivity index (χ0v) is 26.2. The lowest BCUT2D eigenvalue weighted by Crippen LogP contribution is -2.21. The molecule has 46 heavy (non-hydrogen) atoms. The second-order valence-electron chi connectivity index (χ2n) is 12.0. The van der Waals surface area contributed by atoms with Crippen molar-refractivity contribution in [3.63, 3.8) is 0 Å². The number of unbranched alkanes of at least 4 members (excludes halogenated alkanes) is 4. The number of aromatic nitrogens is 6. The molecule has 0 aliphatic heterocycles. The smallest absolute Gasteiger partial charge is 0.306 e. The minimum atomic E-state index is -0.545. The highest BCUT2D eigenvalue weighted by Crippen LogP contribution is 2.41. The number of nitrogens with two attached hydrogens (primary N) is 1. The fraction of sp³-hybridized carbons (Fsp3) is 0.371. The van der Waals surface area contributed by atoms with E-state index in [2.05, 4.69) is 22.0 Å². The van der Waals surface area contributed by atoms with Gasteiger partial charge in [0.1, 0.15) is 18.2 Å². The monoisotopic (exact) mass is 623 g/mol. The summed E-state index contributed by atoms with van der Waals surface area (Å²) < 4.78 is 24.3. The molecule has 6 rings (SSSR count). The molecule has 1 aliphatic rings. The Morgan fingerprint density at radius 1 is 1.09 bits per heavy atom. The van der Waals surface area contributed by atoms with Gasteiger partial charge in [-0.3, -0.25) is 18.8 Å². The molecule has 1 fully saturated rings. The Labute approximate surface area is 266 Å². The van der Waals surface area contributed by atoms with Crippen LogP contribution in [0.15, 0.2) is 59.8 Å². The average Bonchev–Trinajstić information content (AvgIpc) is 3.81. The number of benzene rings is 2. The summed E-state index contributed by atoms with van der Waals surface area (Å²) in [4.78, 5) is 40.1. The zero-order valence-electron chi connectivity index (χ0n) is 26.2. The number of carbonyl (C=O) groups excluding carboxylic acids is 1. The third-order valence-corrected chi connectivity index (χ3v) is 8.36. The van der Waals surface area contributed by atoms with Gasteiger partial charge in [0.2, 0.25) is 5.95 Å². The number of ether oxygens (including phenoxy) is 1. The summed E-state index contributed by atoms with van der Waals surface area (Å²) in [6, 6.07) is 10.4. The number of rotatable bonds is 13. The number of hydrogen-bond acceptors (Lipinski definition) is 8. The van der Waals surface area contributed by atoms with Crippen molar-refractivity contribution in [2.45, 2.75) is 77.2 Å². The molecule has 3 aromatic heterocycles. The van der Waals surface area contributed by atoms with E-state index in [9.17, 15) is 9.59 Å². The highest BCUT2D eigenvalue weighted by atomic mass is 19.1. The number of esters is 1. The lowest BCUT2D eigenvalue weighted by Gasteiger charge is -2.17. The van der Waals surface area contributed by atoms with E-state index in [-0.39, 0.29) is 29.7 Å². The van der Waals surface area contributed by atoms with Gasteiger partial charge in [-0.2, -0.15) is 15.1 Å². The number of nitrogens with zero attached hydrogens (tertiary/aromatic N) is 6. The molecule has 0 radical (unpaired) electrons. The Balaban J connectivity index is 1.39. The van der Waals surface area contributed by atoms with Gasteiger partial charge in [-0.15, -0.1) is 0 Å². The quantitative estimate of drug-likeness (QED) is 0.122. The van der Waals surface area contributed by atoms with Crippen LogP contribution in [-0.4, -0.2) is 35.3 Å². The van der Waals surface area contributed by atoms with Crippen LogP contribution in [0.5, 0.6) is 0 Å². The molecule has 0 unspecified atom stereocenters. The number of halogens is 1. The fourth-order valence-corrected chi connectivity index (χ4v) is 5.83. The van der Waals surface area contributed by atoms with Crippen molar-refractivity contribution in [1.29, 1.82) is 0 Å². The molecule has 11 heteroatoms. The molecule has 0 spiro atoms. The summed E-state index contributed by atoms with van der Waals surface area (Å²) in [6.07, 6.45) is 13.0. The second-order valence-corrected chi connectivity index (χ2v) is 12.0. The summed E-state index contributed by atoms with van der Waals surface area (Å²) in [5, 5.41) is 4.78. The van der Waals surface area contributed by atoms with Crippen LogP contribution >= 0.6 is 0 Å². The molecule has 0 atom stereocenters. The van der Waals surface area contributed by atoms with E-state index < -0.39 is 11.4 Å². The number of nitrogen functional groups attached to an aromatic ring is 1. The summed E-state index contributed by atoms with van der Waals surface area (Å²) >= 11 is 0. The molecule has 3 heterocycles. The largest absolute Gasteiger partial charge is 0.461 e. The van der Waals surface area contributed by atoms with E-state index in [1.165, 1.54) is 10.6 Å². The van der Waals surface area contributed by atoms with Gasteiger partial charge >= 0.3 is 5.97 Å². The SMILES string of the molecule is CCCCCCCC(=O)OCc1c(-c2nc(N)nc(Cc3cnn(C)c3)n2)cccc1-n1ccc2cc(C3CC3)cc(F)c2c1=O. The third-order valence-electron chi connectivity index (χ3n) is 8.36. The van der Waals surface area contributed by atoms with Gasteiger partial charge < -0.3 is 10.5 Å². The Bertz CT molecular complexity index is 1950. The maximum absolute atomic E-state index is 15.4. The summed E-state index contributed by atoms with van der Waals surface area (Å²) in [7, 11) is 1.83. The van der Waals surface area contributed by atoms with Crippen molar-refractivity contribution in [1.82, 2.24) is 29.3 Å². The van der Waals surface area contributed by atoms with E-state index in [1.807, 2.05) is 19.3 Å². The van der Waals surface area contributed by atoms with Crippen LogP contribution in [0.1, 0.15) is 86.7 Å². The molecule has 2 aromatic carbocycles. The fourth-order valence-electron chi connectivity index (χ4n) is 5.83. The first kappa shape index (κ1) is 31.1. The van der Waals surface area contributed by atoms with Gasteiger partial charge in [0.15, 0.2) is 5.82 Å².